The molecule has 1 atom stereocenters. The molecule has 1 aromatic heterocycles. The molecule has 2 aromatic rings. The summed E-state index contributed by atoms with van der Waals surface area (Å²) < 4.78 is 8.43. The minimum atomic E-state index is 0.0753. The van der Waals surface area contributed by atoms with Gasteiger partial charge in [0.25, 0.3) is 0 Å². The number of rotatable bonds is 4. The lowest BCUT2D eigenvalue weighted by Crippen LogP contribution is -2.29. The fourth-order valence-electron chi connectivity index (χ4n) is 4.18. The summed E-state index contributed by atoms with van der Waals surface area (Å²) in [5.74, 6) is 0. The molecule has 0 fully saturated rings. The third-order valence-corrected chi connectivity index (χ3v) is 5.12. The van der Waals surface area contributed by atoms with Crippen molar-refractivity contribution in [2.24, 2.45) is 0 Å². The number of hydrogen-bond donors (Lipinski definition) is 0. The molecule has 0 saturated heterocycles. The van der Waals surface area contributed by atoms with Crippen molar-refractivity contribution in [2.75, 3.05) is 25.1 Å². The SMILES string of the molecule is C=C(C)c1c(C(C)OCC)c(C)c2c3c1cc(C)n3CCN2C. The van der Waals surface area contributed by atoms with Gasteiger partial charge in [-0.25, -0.2) is 0 Å². The highest BCUT2D eigenvalue weighted by Crippen LogP contribution is 2.44. The standard InChI is InChI=1S/C20H28N2O/c1-8-23-15(6)18-14(5)19-20-16(17(18)12(2)3)11-13(4)22(20)10-9-21(19)7/h11,15H,2,8-10H2,1,3-7H3. The molecule has 2 heterocycles. The van der Waals surface area contributed by atoms with Crippen LogP contribution in [0.1, 0.15) is 49.3 Å². The Bertz CT molecular complexity index is 785. The number of likely N-dealkylation sites (N-methyl/N-ethyl adjacent to an activating group) is 1. The van der Waals surface area contributed by atoms with Crippen LogP contribution in [0.25, 0.3) is 16.5 Å². The molecule has 0 amide bonds. The number of nitrogens with zero attached hydrogens (tertiary/aromatic N) is 2. The molecular weight excluding hydrogens is 284 g/mol. The average Bonchev–Trinajstić information content (AvgIpc) is 2.80. The number of anilines is 1. The van der Waals surface area contributed by atoms with Crippen LogP contribution in [0, 0.1) is 13.8 Å². The van der Waals surface area contributed by atoms with E-state index in [1.807, 2.05) is 0 Å². The number of ether oxygens (including phenoxy) is 1. The van der Waals surface area contributed by atoms with E-state index in [1.54, 1.807) is 0 Å². The van der Waals surface area contributed by atoms with Crippen molar-refractivity contribution in [3.8, 4) is 0 Å². The van der Waals surface area contributed by atoms with E-state index >= 15 is 0 Å². The number of benzene rings is 1. The fourth-order valence-corrected chi connectivity index (χ4v) is 4.18. The summed E-state index contributed by atoms with van der Waals surface area (Å²) in [6, 6.07) is 2.32. The highest BCUT2D eigenvalue weighted by atomic mass is 16.5. The van der Waals surface area contributed by atoms with Gasteiger partial charge in [-0.1, -0.05) is 12.2 Å². The molecule has 0 aliphatic carbocycles. The van der Waals surface area contributed by atoms with Crippen LogP contribution in [0.4, 0.5) is 5.69 Å². The van der Waals surface area contributed by atoms with Gasteiger partial charge in [0.15, 0.2) is 0 Å². The zero-order valence-corrected chi connectivity index (χ0v) is 15.3. The summed E-state index contributed by atoms with van der Waals surface area (Å²) >= 11 is 0. The van der Waals surface area contributed by atoms with Gasteiger partial charge in [0.1, 0.15) is 0 Å². The predicted molar refractivity (Wildman–Crippen MR) is 99.4 cm³/mol. The van der Waals surface area contributed by atoms with E-state index in [1.165, 1.54) is 39.0 Å². The molecule has 1 aromatic carbocycles. The molecule has 3 nitrogen and oxygen atoms in total. The van der Waals surface area contributed by atoms with Crippen LogP contribution in [0.5, 0.6) is 0 Å². The van der Waals surface area contributed by atoms with Crippen molar-refractivity contribution in [1.29, 1.82) is 0 Å². The maximum atomic E-state index is 5.97. The zero-order valence-electron chi connectivity index (χ0n) is 15.3. The predicted octanol–water partition coefficient (Wildman–Crippen LogP) is 4.84. The Kier molecular flexibility index (Phi) is 4.01. The van der Waals surface area contributed by atoms with Crippen molar-refractivity contribution in [3.63, 3.8) is 0 Å². The Morgan fingerprint density at radius 1 is 1.35 bits per heavy atom. The first kappa shape index (κ1) is 16.1. The molecule has 0 N–H and O–H groups in total. The monoisotopic (exact) mass is 312 g/mol. The van der Waals surface area contributed by atoms with Crippen molar-refractivity contribution in [1.82, 2.24) is 4.57 Å². The third kappa shape index (κ3) is 2.29. The van der Waals surface area contributed by atoms with Crippen LogP contribution in [-0.2, 0) is 11.3 Å². The van der Waals surface area contributed by atoms with E-state index in [-0.39, 0.29) is 6.10 Å². The lowest BCUT2D eigenvalue weighted by Gasteiger charge is -2.32. The molecule has 0 radical (unpaired) electrons. The summed E-state index contributed by atoms with van der Waals surface area (Å²) in [6.45, 7) is 17.9. The first-order valence-corrected chi connectivity index (χ1v) is 8.53. The first-order chi connectivity index (χ1) is 10.9. The van der Waals surface area contributed by atoms with Gasteiger partial charge >= 0.3 is 0 Å². The van der Waals surface area contributed by atoms with Gasteiger partial charge in [0, 0.05) is 37.8 Å². The van der Waals surface area contributed by atoms with Gasteiger partial charge in [0.2, 0.25) is 0 Å². The van der Waals surface area contributed by atoms with Crippen LogP contribution < -0.4 is 4.90 Å². The molecule has 3 rings (SSSR count). The summed E-state index contributed by atoms with van der Waals surface area (Å²) in [6.07, 6.45) is 0.0753. The van der Waals surface area contributed by atoms with Crippen molar-refractivity contribution in [2.45, 2.75) is 47.3 Å². The highest BCUT2D eigenvalue weighted by molar-refractivity contribution is 6.03. The summed E-state index contributed by atoms with van der Waals surface area (Å²) in [4.78, 5) is 2.39. The Morgan fingerprint density at radius 2 is 2.04 bits per heavy atom. The van der Waals surface area contributed by atoms with Crippen LogP contribution >= 0.6 is 0 Å². The number of allylic oxidation sites excluding steroid dienone is 1. The van der Waals surface area contributed by atoms with Gasteiger partial charge < -0.3 is 14.2 Å². The molecule has 0 spiro atoms. The second-order valence-corrected chi connectivity index (χ2v) is 6.76. The van der Waals surface area contributed by atoms with Gasteiger partial charge in [-0.3, -0.25) is 0 Å². The third-order valence-electron chi connectivity index (χ3n) is 5.12. The van der Waals surface area contributed by atoms with Crippen molar-refractivity contribution in [3.05, 3.63) is 35.0 Å². The van der Waals surface area contributed by atoms with Gasteiger partial charge in [-0.2, -0.15) is 0 Å². The molecule has 1 unspecified atom stereocenters. The quantitative estimate of drug-likeness (QED) is 0.804. The van der Waals surface area contributed by atoms with E-state index in [0.717, 1.165) is 25.3 Å². The van der Waals surface area contributed by atoms with E-state index in [9.17, 15) is 0 Å². The minimum absolute atomic E-state index is 0.0753. The topological polar surface area (TPSA) is 17.4 Å². The Hall–Kier alpha value is -1.74. The molecule has 1 aliphatic heterocycles. The lowest BCUT2D eigenvalue weighted by molar-refractivity contribution is 0.0759. The number of hydrogen-bond acceptors (Lipinski definition) is 2. The van der Waals surface area contributed by atoms with E-state index < -0.39 is 0 Å². The van der Waals surface area contributed by atoms with Crippen LogP contribution in [0.2, 0.25) is 0 Å². The highest BCUT2D eigenvalue weighted by Gasteiger charge is 2.28. The fraction of sp³-hybridized carbons (Fsp3) is 0.500. The van der Waals surface area contributed by atoms with Crippen LogP contribution in [0.3, 0.4) is 0 Å². The Labute approximate surface area is 139 Å². The molecule has 0 saturated carbocycles. The molecule has 1 aliphatic rings. The van der Waals surface area contributed by atoms with Gasteiger partial charge in [-0.15, -0.1) is 0 Å². The van der Waals surface area contributed by atoms with Crippen molar-refractivity contribution < 1.29 is 4.74 Å². The van der Waals surface area contributed by atoms with Crippen LogP contribution in [-0.4, -0.2) is 24.8 Å². The van der Waals surface area contributed by atoms with E-state index in [4.69, 9.17) is 4.74 Å². The second kappa shape index (κ2) is 5.72. The zero-order chi connectivity index (χ0) is 16.9. The molecule has 0 bridgehead atoms. The number of aryl methyl sites for hydroxylation is 1. The molecule has 3 heteroatoms. The first-order valence-electron chi connectivity index (χ1n) is 8.53. The minimum Gasteiger partial charge on any atom is -0.374 e. The maximum Gasteiger partial charge on any atom is 0.0806 e. The van der Waals surface area contributed by atoms with Gasteiger partial charge in [0.05, 0.1) is 17.3 Å². The molecule has 124 valence electrons. The van der Waals surface area contributed by atoms with E-state index in [2.05, 4.69) is 63.8 Å². The smallest absolute Gasteiger partial charge is 0.0806 e. The molecular formula is C20H28N2O. The van der Waals surface area contributed by atoms with E-state index in [0.29, 0.717) is 0 Å². The summed E-state index contributed by atoms with van der Waals surface area (Å²) in [7, 11) is 2.20. The average molecular weight is 312 g/mol. The Balaban J connectivity index is 2.46. The van der Waals surface area contributed by atoms with Gasteiger partial charge in [-0.05, 0) is 57.4 Å². The Morgan fingerprint density at radius 3 is 2.65 bits per heavy atom. The normalized spacial score (nSPS) is 15.3. The maximum absolute atomic E-state index is 5.97. The van der Waals surface area contributed by atoms with Crippen molar-refractivity contribution >= 4 is 22.2 Å². The second-order valence-electron chi connectivity index (χ2n) is 6.76. The summed E-state index contributed by atoms with van der Waals surface area (Å²) in [5.41, 5.74) is 9.07. The van der Waals surface area contributed by atoms with Crippen LogP contribution in [0.15, 0.2) is 12.6 Å². The number of aromatic nitrogens is 1. The largest absolute Gasteiger partial charge is 0.374 e. The molecule has 23 heavy (non-hydrogen) atoms. The summed E-state index contributed by atoms with van der Waals surface area (Å²) in [5, 5.41) is 1.32. The lowest BCUT2D eigenvalue weighted by atomic mass is 9.88.